The Kier molecular flexibility index (Phi) is 11.9. The first-order valence-electron chi connectivity index (χ1n) is 14.9. The fourth-order valence-electron chi connectivity index (χ4n) is 6.60. The molecule has 2 heterocycles. The Hall–Kier alpha value is -2.80. The van der Waals surface area contributed by atoms with E-state index in [1.54, 1.807) is 17.3 Å². The summed E-state index contributed by atoms with van der Waals surface area (Å²) in [6, 6.07) is 4.78. The predicted octanol–water partition coefficient (Wildman–Crippen LogP) is 4.53. The number of nitrogens with two attached hydrogens (primary N) is 1. The van der Waals surface area contributed by atoms with E-state index >= 15 is 0 Å². The number of hydrogen-bond acceptors (Lipinski definition) is 9. The first kappa shape index (κ1) is 34.7. The largest absolute Gasteiger partial charge is 0.357 e. The Morgan fingerprint density at radius 2 is 1.98 bits per heavy atom. The molecule has 43 heavy (non-hydrogen) atoms. The molecule has 1 saturated carbocycles. The van der Waals surface area contributed by atoms with E-state index in [0.29, 0.717) is 38.8 Å². The zero-order valence-electron chi connectivity index (χ0n) is 25.1. The number of rotatable bonds is 12. The molecule has 1 amide bonds. The Morgan fingerprint density at radius 3 is 2.58 bits per heavy atom. The van der Waals surface area contributed by atoms with Gasteiger partial charge in [-0.3, -0.25) is 9.69 Å². The number of halogens is 1. The van der Waals surface area contributed by atoms with Crippen LogP contribution in [0.5, 0.6) is 0 Å². The van der Waals surface area contributed by atoms with E-state index in [9.17, 15) is 22.8 Å². The van der Waals surface area contributed by atoms with Gasteiger partial charge in [0, 0.05) is 38.0 Å². The summed E-state index contributed by atoms with van der Waals surface area (Å²) in [7, 11) is -4.65. The normalized spacial score (nSPS) is 23.0. The van der Waals surface area contributed by atoms with Crippen molar-refractivity contribution in [1.82, 2.24) is 14.9 Å². The van der Waals surface area contributed by atoms with E-state index < -0.39 is 27.7 Å². The van der Waals surface area contributed by atoms with Gasteiger partial charge in [-0.1, -0.05) is 38.3 Å². The molecular weight excluding hydrogens is 594 g/mol. The lowest BCUT2D eigenvalue weighted by Gasteiger charge is -2.48. The molecule has 0 spiro atoms. The van der Waals surface area contributed by atoms with Crippen LogP contribution in [0.4, 0.5) is 5.69 Å². The average Bonchev–Trinajstić information content (AvgIpc) is 3.63. The smallest absolute Gasteiger partial charge is 0.348 e. The first-order valence-corrected chi connectivity index (χ1v) is 16.3. The highest BCUT2D eigenvalue weighted by molar-refractivity contribution is 7.87. The predicted molar refractivity (Wildman–Crippen MR) is 165 cm³/mol. The van der Waals surface area contributed by atoms with Crippen molar-refractivity contribution in [3.05, 3.63) is 41.5 Å². The molecule has 1 aromatic heterocycles. The summed E-state index contributed by atoms with van der Waals surface area (Å²) in [5.41, 5.74) is 7.83. The lowest BCUT2D eigenvalue weighted by molar-refractivity contribution is -0.153. The second-order valence-electron chi connectivity index (χ2n) is 11.6. The topological polar surface area (TPSA) is 165 Å². The number of aryl methyl sites for hydroxylation is 1. The van der Waals surface area contributed by atoms with E-state index in [0.717, 1.165) is 48.9 Å². The number of aromatic amines is 1. The van der Waals surface area contributed by atoms with Crippen molar-refractivity contribution in [2.75, 3.05) is 18.4 Å². The molecule has 1 aromatic carbocycles. The van der Waals surface area contributed by atoms with Gasteiger partial charge in [0.05, 0.1) is 17.7 Å². The quantitative estimate of drug-likeness (QED) is 0.172. The number of aldehydes is 1. The average molecular weight is 638 g/mol. The molecule has 1 aliphatic heterocycles. The summed E-state index contributed by atoms with van der Waals surface area (Å²) in [6.45, 7) is 6.03. The molecule has 4 N–H and O–H groups in total. The number of para-hydroxylation sites is 1. The van der Waals surface area contributed by atoms with Crippen LogP contribution in [0.1, 0.15) is 100 Å². The maximum absolute atomic E-state index is 13.9. The third-order valence-corrected chi connectivity index (χ3v) is 10.1. The summed E-state index contributed by atoms with van der Waals surface area (Å²) >= 11 is 0. The number of nitrogens with zero attached hydrogens (tertiary/aromatic N) is 2. The minimum atomic E-state index is -4.65. The fourth-order valence-corrected chi connectivity index (χ4v) is 7.69. The van der Waals surface area contributed by atoms with Gasteiger partial charge in [-0.2, -0.15) is 8.42 Å². The minimum absolute atomic E-state index is 0. The van der Waals surface area contributed by atoms with Crippen LogP contribution < -0.4 is 11.1 Å². The number of nitrogens with one attached hydrogen (secondary N) is 2. The lowest BCUT2D eigenvalue weighted by Crippen LogP contribution is -2.67. The fraction of sp³-hybridized carbons (Fsp3) is 0.600. The number of anilines is 1. The van der Waals surface area contributed by atoms with Gasteiger partial charge in [0.15, 0.2) is 5.66 Å². The SMILES string of the molecule is CCC1CC(N)(C(=O)OS(=O)(=O)c2cccc(C3CCCC3)c2NC(C)=O)N(CCCCC=O)CC1c1nc[nH]c1C.Cl. The van der Waals surface area contributed by atoms with Crippen LogP contribution in [0.3, 0.4) is 0 Å². The number of aromatic nitrogens is 2. The molecule has 2 aromatic rings. The molecule has 0 bridgehead atoms. The third-order valence-electron chi connectivity index (χ3n) is 8.83. The van der Waals surface area contributed by atoms with E-state index in [4.69, 9.17) is 9.92 Å². The molecule has 238 valence electrons. The Labute approximate surface area is 260 Å². The van der Waals surface area contributed by atoms with Crippen molar-refractivity contribution in [3.63, 3.8) is 0 Å². The van der Waals surface area contributed by atoms with E-state index in [1.165, 1.54) is 13.0 Å². The van der Waals surface area contributed by atoms with Crippen LogP contribution in [0, 0.1) is 12.8 Å². The second-order valence-corrected chi connectivity index (χ2v) is 13.1. The van der Waals surface area contributed by atoms with Gasteiger partial charge in [-0.05, 0) is 62.5 Å². The van der Waals surface area contributed by atoms with E-state index in [1.807, 2.05) is 19.9 Å². The maximum atomic E-state index is 13.9. The molecule has 0 radical (unpaired) electrons. The van der Waals surface area contributed by atoms with Crippen LogP contribution >= 0.6 is 12.4 Å². The molecule has 3 atom stereocenters. The number of carbonyl (C=O) groups is 3. The summed E-state index contributed by atoms with van der Waals surface area (Å²) in [5.74, 6) is -1.46. The summed E-state index contributed by atoms with van der Waals surface area (Å²) in [5, 5.41) is 2.69. The monoisotopic (exact) mass is 637 g/mol. The molecular formula is C30H44ClN5O6S. The van der Waals surface area contributed by atoms with Crippen LogP contribution in [0.25, 0.3) is 0 Å². The van der Waals surface area contributed by atoms with Gasteiger partial charge >= 0.3 is 16.1 Å². The molecule has 4 rings (SSSR count). The number of benzene rings is 1. The summed E-state index contributed by atoms with van der Waals surface area (Å²) in [4.78, 5) is 46.1. The Bertz CT molecular complexity index is 1390. The van der Waals surface area contributed by atoms with E-state index in [-0.39, 0.29) is 47.2 Å². The van der Waals surface area contributed by atoms with Crippen molar-refractivity contribution < 1.29 is 27.0 Å². The Balaban J connectivity index is 0.00000506. The van der Waals surface area contributed by atoms with Crippen molar-refractivity contribution in [1.29, 1.82) is 0 Å². The summed E-state index contributed by atoms with van der Waals surface area (Å²) in [6.07, 6.45) is 8.76. The number of likely N-dealkylation sites (tertiary alicyclic amines) is 1. The van der Waals surface area contributed by atoms with Crippen molar-refractivity contribution >= 4 is 46.4 Å². The number of unbranched alkanes of at least 4 members (excludes halogenated alkanes) is 2. The van der Waals surface area contributed by atoms with Crippen LogP contribution in [0.2, 0.25) is 0 Å². The standard InChI is InChI=1S/C30H43N5O6S.ClH/c1-4-22-17-30(31,35(15-8-5-9-16-36)18-25(22)27-20(2)32-19-33-27)29(38)41-42(39,40)26-14-10-13-24(23-11-6-7-12-23)28(26)34-21(3)37;/h10,13-14,16,19,22-23,25H,4-9,11-12,15,17-18,31H2,1-3H3,(H,32,33)(H,34,37);1H. The number of piperidine rings is 1. The number of amides is 1. The van der Waals surface area contributed by atoms with Gasteiger partial charge in [-0.25, -0.2) is 9.78 Å². The maximum Gasteiger partial charge on any atom is 0.357 e. The van der Waals surface area contributed by atoms with Gasteiger partial charge in [-0.15, -0.1) is 12.4 Å². The van der Waals surface area contributed by atoms with Gasteiger partial charge in [0.25, 0.3) is 0 Å². The van der Waals surface area contributed by atoms with Crippen LogP contribution in [-0.2, 0) is 28.7 Å². The van der Waals surface area contributed by atoms with Crippen LogP contribution in [0.15, 0.2) is 29.4 Å². The molecule has 1 saturated heterocycles. The minimum Gasteiger partial charge on any atom is -0.348 e. The van der Waals surface area contributed by atoms with Gasteiger partial charge in [0.1, 0.15) is 11.2 Å². The zero-order valence-corrected chi connectivity index (χ0v) is 26.8. The van der Waals surface area contributed by atoms with Crippen molar-refractivity contribution in [2.45, 2.75) is 101 Å². The van der Waals surface area contributed by atoms with Crippen LogP contribution in [-0.4, -0.2) is 60.2 Å². The number of hydrogen-bond donors (Lipinski definition) is 3. The number of imidazole rings is 1. The summed E-state index contributed by atoms with van der Waals surface area (Å²) < 4.78 is 32.8. The third kappa shape index (κ3) is 7.65. The zero-order chi connectivity index (χ0) is 30.5. The molecule has 11 nitrogen and oxygen atoms in total. The highest BCUT2D eigenvalue weighted by Gasteiger charge is 2.51. The molecule has 2 fully saturated rings. The van der Waals surface area contributed by atoms with Gasteiger partial charge in [0.2, 0.25) is 5.91 Å². The molecule has 13 heteroatoms. The molecule has 3 unspecified atom stereocenters. The number of H-pyrrole nitrogens is 1. The molecule has 1 aliphatic carbocycles. The highest BCUT2D eigenvalue weighted by atomic mass is 35.5. The second kappa shape index (κ2) is 14.8. The van der Waals surface area contributed by atoms with Crippen molar-refractivity contribution in [3.8, 4) is 0 Å². The Morgan fingerprint density at radius 1 is 1.26 bits per heavy atom. The molecule has 2 aliphatic rings. The van der Waals surface area contributed by atoms with Crippen molar-refractivity contribution in [2.24, 2.45) is 11.7 Å². The number of carbonyl (C=O) groups excluding carboxylic acids is 3. The van der Waals surface area contributed by atoms with E-state index in [2.05, 4.69) is 15.3 Å². The van der Waals surface area contributed by atoms with Gasteiger partial charge < -0.3 is 25.0 Å². The lowest BCUT2D eigenvalue weighted by atomic mass is 9.75. The first-order chi connectivity index (χ1) is 20.0. The highest BCUT2D eigenvalue weighted by Crippen LogP contribution is 2.43.